The van der Waals surface area contributed by atoms with Gasteiger partial charge in [-0.3, -0.25) is 4.79 Å². The highest BCUT2D eigenvalue weighted by Crippen LogP contribution is 2.39. The van der Waals surface area contributed by atoms with Crippen molar-refractivity contribution >= 4 is 21.9 Å². The van der Waals surface area contributed by atoms with Gasteiger partial charge in [-0.15, -0.1) is 0 Å². The van der Waals surface area contributed by atoms with Crippen LogP contribution in [-0.4, -0.2) is 27.3 Å². The van der Waals surface area contributed by atoms with Gasteiger partial charge in [0, 0.05) is 4.47 Å². The molecule has 0 spiro atoms. The van der Waals surface area contributed by atoms with Gasteiger partial charge in [-0.1, -0.05) is 15.9 Å². The molecule has 0 amide bonds. The molecule has 1 aromatic carbocycles. The third-order valence-electron chi connectivity index (χ3n) is 2.84. The predicted octanol–water partition coefficient (Wildman–Crippen LogP) is 2.92. The van der Waals surface area contributed by atoms with E-state index < -0.39 is 5.41 Å². The summed E-state index contributed by atoms with van der Waals surface area (Å²) in [5.74, 6) is 0.872. The molecule has 100 valence electrons. The number of methoxy groups -OCH3 is 3. The maximum absolute atomic E-state index is 11.8. The van der Waals surface area contributed by atoms with Crippen molar-refractivity contribution in [3.8, 4) is 11.5 Å². The molecule has 0 bridgehead atoms. The Kier molecular flexibility index (Phi) is 4.62. The van der Waals surface area contributed by atoms with Gasteiger partial charge < -0.3 is 14.2 Å². The average Bonchev–Trinajstić information content (AvgIpc) is 2.36. The van der Waals surface area contributed by atoms with Crippen LogP contribution in [0.25, 0.3) is 0 Å². The largest absolute Gasteiger partial charge is 0.493 e. The van der Waals surface area contributed by atoms with E-state index >= 15 is 0 Å². The molecule has 1 aromatic rings. The lowest BCUT2D eigenvalue weighted by Gasteiger charge is -2.24. The highest BCUT2D eigenvalue weighted by atomic mass is 79.9. The number of benzene rings is 1. The molecule has 0 saturated heterocycles. The van der Waals surface area contributed by atoms with E-state index in [-0.39, 0.29) is 5.97 Å². The first-order valence-electron chi connectivity index (χ1n) is 5.38. The lowest BCUT2D eigenvalue weighted by Crippen LogP contribution is -2.30. The van der Waals surface area contributed by atoms with Crippen LogP contribution in [0.3, 0.4) is 0 Å². The summed E-state index contributed by atoms with van der Waals surface area (Å²) in [5, 5.41) is 0. The van der Waals surface area contributed by atoms with E-state index in [0.717, 1.165) is 10.0 Å². The summed E-state index contributed by atoms with van der Waals surface area (Å²) in [4.78, 5) is 11.8. The lowest BCUT2D eigenvalue weighted by molar-refractivity contribution is -0.146. The van der Waals surface area contributed by atoms with Crippen molar-refractivity contribution in [2.45, 2.75) is 19.3 Å². The van der Waals surface area contributed by atoms with Crippen molar-refractivity contribution in [1.82, 2.24) is 0 Å². The standard InChI is InChI=1S/C13H17BrO4/c1-13(2,12(15)18-5)8-6-10(16-3)11(17-4)7-9(8)14/h6-7H,1-5H3. The summed E-state index contributed by atoms with van der Waals surface area (Å²) >= 11 is 3.44. The molecular weight excluding hydrogens is 300 g/mol. The van der Waals surface area contributed by atoms with Crippen LogP contribution in [0, 0.1) is 0 Å². The molecular formula is C13H17BrO4. The van der Waals surface area contributed by atoms with Crippen molar-refractivity contribution in [2.75, 3.05) is 21.3 Å². The third kappa shape index (κ3) is 2.61. The summed E-state index contributed by atoms with van der Waals surface area (Å²) in [6.07, 6.45) is 0. The van der Waals surface area contributed by atoms with Gasteiger partial charge in [-0.2, -0.15) is 0 Å². The third-order valence-corrected chi connectivity index (χ3v) is 3.50. The summed E-state index contributed by atoms with van der Waals surface area (Å²) in [6.45, 7) is 3.59. The number of esters is 1. The number of hydrogen-bond acceptors (Lipinski definition) is 4. The number of hydrogen-bond donors (Lipinski definition) is 0. The average molecular weight is 317 g/mol. The second-order valence-electron chi connectivity index (χ2n) is 4.30. The number of halogens is 1. The number of rotatable bonds is 4. The second-order valence-corrected chi connectivity index (χ2v) is 5.16. The molecule has 0 N–H and O–H groups in total. The van der Waals surface area contributed by atoms with Crippen molar-refractivity contribution in [1.29, 1.82) is 0 Å². The zero-order valence-corrected chi connectivity index (χ0v) is 12.8. The van der Waals surface area contributed by atoms with Gasteiger partial charge in [0.25, 0.3) is 0 Å². The maximum Gasteiger partial charge on any atom is 0.315 e. The molecule has 0 unspecified atom stereocenters. The van der Waals surface area contributed by atoms with Gasteiger partial charge >= 0.3 is 5.97 Å². The Morgan fingerprint density at radius 1 is 1.11 bits per heavy atom. The monoisotopic (exact) mass is 316 g/mol. The van der Waals surface area contributed by atoms with Crippen LogP contribution in [0.5, 0.6) is 11.5 Å². The van der Waals surface area contributed by atoms with Crippen LogP contribution in [0.2, 0.25) is 0 Å². The van der Waals surface area contributed by atoms with E-state index in [4.69, 9.17) is 14.2 Å². The second kappa shape index (κ2) is 5.61. The van der Waals surface area contributed by atoms with Crippen molar-refractivity contribution in [3.05, 3.63) is 22.2 Å². The van der Waals surface area contributed by atoms with Crippen molar-refractivity contribution < 1.29 is 19.0 Å². The first kappa shape index (κ1) is 14.8. The van der Waals surface area contributed by atoms with E-state index in [1.54, 1.807) is 40.2 Å². The van der Waals surface area contributed by atoms with E-state index in [9.17, 15) is 4.79 Å². The Bertz CT molecular complexity index is 455. The molecule has 0 atom stereocenters. The Morgan fingerprint density at radius 2 is 1.61 bits per heavy atom. The predicted molar refractivity (Wildman–Crippen MR) is 72.3 cm³/mol. The van der Waals surface area contributed by atoms with Gasteiger partial charge in [0.15, 0.2) is 11.5 Å². The number of carbonyl (C=O) groups excluding carboxylic acids is 1. The zero-order chi connectivity index (χ0) is 13.9. The van der Waals surface area contributed by atoms with Crippen molar-refractivity contribution in [3.63, 3.8) is 0 Å². The molecule has 0 aliphatic carbocycles. The van der Waals surface area contributed by atoms with E-state index in [2.05, 4.69) is 15.9 Å². The van der Waals surface area contributed by atoms with Gasteiger partial charge in [0.1, 0.15) is 0 Å². The molecule has 0 aliphatic heterocycles. The van der Waals surface area contributed by atoms with Crippen LogP contribution in [-0.2, 0) is 14.9 Å². The topological polar surface area (TPSA) is 44.8 Å². The van der Waals surface area contributed by atoms with Crippen LogP contribution >= 0.6 is 15.9 Å². The Labute approximate surface area is 115 Å². The molecule has 18 heavy (non-hydrogen) atoms. The first-order valence-corrected chi connectivity index (χ1v) is 6.18. The van der Waals surface area contributed by atoms with E-state index in [0.29, 0.717) is 11.5 Å². The normalized spacial score (nSPS) is 11.0. The molecule has 0 aromatic heterocycles. The minimum atomic E-state index is -0.771. The van der Waals surface area contributed by atoms with Crippen molar-refractivity contribution in [2.24, 2.45) is 0 Å². The molecule has 0 saturated carbocycles. The molecule has 1 rings (SSSR count). The number of carbonyl (C=O) groups is 1. The minimum absolute atomic E-state index is 0.310. The summed E-state index contributed by atoms with van der Waals surface area (Å²) in [5.41, 5.74) is 0.0136. The molecule has 5 heteroatoms. The Balaban J connectivity index is 3.37. The summed E-state index contributed by atoms with van der Waals surface area (Å²) < 4.78 is 16.0. The quantitative estimate of drug-likeness (QED) is 0.801. The molecule has 0 aliphatic rings. The van der Waals surface area contributed by atoms with Gasteiger partial charge in [-0.25, -0.2) is 0 Å². The SMILES string of the molecule is COC(=O)C(C)(C)c1cc(OC)c(OC)cc1Br. The Morgan fingerprint density at radius 3 is 2.06 bits per heavy atom. The highest BCUT2D eigenvalue weighted by Gasteiger charge is 2.33. The van der Waals surface area contributed by atoms with Crippen LogP contribution < -0.4 is 9.47 Å². The fourth-order valence-corrected chi connectivity index (χ4v) is 2.52. The smallest absolute Gasteiger partial charge is 0.315 e. The van der Waals surface area contributed by atoms with Gasteiger partial charge in [-0.05, 0) is 31.5 Å². The first-order chi connectivity index (χ1) is 8.38. The van der Waals surface area contributed by atoms with Gasteiger partial charge in [0.05, 0.1) is 26.7 Å². The minimum Gasteiger partial charge on any atom is -0.493 e. The van der Waals surface area contributed by atoms with E-state index in [1.807, 2.05) is 0 Å². The summed E-state index contributed by atoms with van der Waals surface area (Å²) in [6, 6.07) is 3.55. The maximum atomic E-state index is 11.8. The van der Waals surface area contributed by atoms with E-state index in [1.165, 1.54) is 7.11 Å². The molecule has 0 heterocycles. The number of ether oxygens (including phenoxy) is 3. The zero-order valence-electron chi connectivity index (χ0n) is 11.2. The Hall–Kier alpha value is -1.23. The molecule has 0 fully saturated rings. The summed E-state index contributed by atoms with van der Waals surface area (Å²) in [7, 11) is 4.49. The highest BCUT2D eigenvalue weighted by molar-refractivity contribution is 9.10. The lowest BCUT2D eigenvalue weighted by atomic mass is 9.84. The molecule has 0 radical (unpaired) electrons. The fraction of sp³-hybridized carbons (Fsp3) is 0.462. The molecule has 4 nitrogen and oxygen atoms in total. The fourth-order valence-electron chi connectivity index (χ4n) is 1.70. The van der Waals surface area contributed by atoms with Gasteiger partial charge in [0.2, 0.25) is 0 Å². The van der Waals surface area contributed by atoms with Crippen LogP contribution in [0.1, 0.15) is 19.4 Å². The van der Waals surface area contributed by atoms with Crippen LogP contribution in [0.15, 0.2) is 16.6 Å². The van der Waals surface area contributed by atoms with Crippen LogP contribution in [0.4, 0.5) is 0 Å².